The molecule has 1 aromatic carbocycles. The predicted octanol–water partition coefficient (Wildman–Crippen LogP) is 2.88. The summed E-state index contributed by atoms with van der Waals surface area (Å²) in [6, 6.07) is 4.97. The first-order chi connectivity index (χ1) is 11.1. The first-order valence-corrected chi connectivity index (χ1v) is 7.39. The molecule has 6 heteroatoms. The van der Waals surface area contributed by atoms with Gasteiger partial charge in [0.2, 0.25) is 5.75 Å². The van der Waals surface area contributed by atoms with Gasteiger partial charge in [0.05, 0.1) is 26.0 Å². The number of carbonyl (C=O) groups is 1. The molecule has 0 spiro atoms. The second-order valence-electron chi connectivity index (χ2n) is 5.04. The van der Waals surface area contributed by atoms with Crippen LogP contribution in [0.1, 0.15) is 35.0 Å². The third-order valence-electron chi connectivity index (χ3n) is 3.46. The summed E-state index contributed by atoms with van der Waals surface area (Å²) in [5.41, 5.74) is 1.30. The number of hydrogen-bond donors (Lipinski definition) is 2. The number of amides is 1. The predicted molar refractivity (Wildman–Crippen MR) is 85.1 cm³/mol. The number of ether oxygens (including phenoxy) is 2. The van der Waals surface area contributed by atoms with Crippen molar-refractivity contribution in [1.82, 2.24) is 5.32 Å². The monoisotopic (exact) mass is 319 g/mol. The minimum Gasteiger partial charge on any atom is -0.502 e. The van der Waals surface area contributed by atoms with Crippen LogP contribution in [0.25, 0.3) is 0 Å². The smallest absolute Gasteiger partial charge is 0.255 e. The van der Waals surface area contributed by atoms with Gasteiger partial charge in [0, 0.05) is 13.0 Å². The van der Waals surface area contributed by atoms with E-state index in [-0.39, 0.29) is 18.2 Å². The van der Waals surface area contributed by atoms with E-state index in [0.29, 0.717) is 22.8 Å². The number of aryl methyl sites for hydroxylation is 1. The highest BCUT2D eigenvalue weighted by Crippen LogP contribution is 2.37. The topological polar surface area (TPSA) is 80.9 Å². The SMILES string of the molecule is CCCc1occc1C(=O)NCc1cc(OC)c(O)c(OC)c1. The van der Waals surface area contributed by atoms with Crippen LogP contribution in [0.5, 0.6) is 17.2 Å². The Balaban J connectivity index is 2.11. The maximum absolute atomic E-state index is 12.3. The van der Waals surface area contributed by atoms with Crippen LogP contribution in [0.15, 0.2) is 28.9 Å². The molecule has 2 N–H and O–H groups in total. The van der Waals surface area contributed by atoms with Crippen molar-refractivity contribution in [1.29, 1.82) is 0 Å². The summed E-state index contributed by atoms with van der Waals surface area (Å²) in [5, 5.41) is 12.7. The van der Waals surface area contributed by atoms with Crippen LogP contribution in [0.2, 0.25) is 0 Å². The summed E-state index contributed by atoms with van der Waals surface area (Å²) in [5.74, 6) is 1.01. The van der Waals surface area contributed by atoms with Gasteiger partial charge in [-0.05, 0) is 30.2 Å². The quantitative estimate of drug-likeness (QED) is 0.820. The van der Waals surface area contributed by atoms with E-state index in [2.05, 4.69) is 5.32 Å². The third kappa shape index (κ3) is 3.77. The summed E-state index contributed by atoms with van der Waals surface area (Å²) >= 11 is 0. The molecule has 0 unspecified atom stereocenters. The van der Waals surface area contributed by atoms with Crippen molar-refractivity contribution < 1.29 is 23.8 Å². The lowest BCUT2D eigenvalue weighted by Crippen LogP contribution is -2.23. The molecule has 0 bridgehead atoms. The Labute approximate surface area is 135 Å². The van der Waals surface area contributed by atoms with Gasteiger partial charge in [-0.3, -0.25) is 4.79 Å². The van der Waals surface area contributed by atoms with E-state index in [1.54, 1.807) is 18.2 Å². The molecule has 0 aliphatic carbocycles. The zero-order valence-corrected chi connectivity index (χ0v) is 13.5. The Hall–Kier alpha value is -2.63. The fourth-order valence-corrected chi connectivity index (χ4v) is 2.29. The number of furan rings is 1. The Morgan fingerprint density at radius 2 is 1.91 bits per heavy atom. The van der Waals surface area contributed by atoms with Gasteiger partial charge in [-0.25, -0.2) is 0 Å². The van der Waals surface area contributed by atoms with Crippen molar-refractivity contribution >= 4 is 5.91 Å². The van der Waals surface area contributed by atoms with Crippen LogP contribution in [-0.2, 0) is 13.0 Å². The minimum absolute atomic E-state index is 0.0647. The van der Waals surface area contributed by atoms with Gasteiger partial charge in [-0.2, -0.15) is 0 Å². The molecule has 124 valence electrons. The van der Waals surface area contributed by atoms with Crippen LogP contribution >= 0.6 is 0 Å². The molecule has 2 aromatic rings. The first-order valence-electron chi connectivity index (χ1n) is 7.39. The average Bonchev–Trinajstić information content (AvgIpc) is 3.02. The van der Waals surface area contributed by atoms with Gasteiger partial charge in [-0.1, -0.05) is 6.92 Å². The molecule has 1 amide bonds. The molecule has 0 aliphatic rings. The molecule has 23 heavy (non-hydrogen) atoms. The van der Waals surface area contributed by atoms with Crippen LogP contribution in [0, 0.1) is 0 Å². The number of aromatic hydroxyl groups is 1. The van der Waals surface area contributed by atoms with Crippen molar-refractivity contribution in [2.75, 3.05) is 14.2 Å². The second kappa shape index (κ2) is 7.58. The van der Waals surface area contributed by atoms with E-state index < -0.39 is 0 Å². The number of methoxy groups -OCH3 is 2. The number of carbonyl (C=O) groups excluding carboxylic acids is 1. The Kier molecular flexibility index (Phi) is 5.51. The van der Waals surface area contributed by atoms with E-state index in [0.717, 1.165) is 18.4 Å². The van der Waals surface area contributed by atoms with Crippen molar-refractivity contribution in [3.8, 4) is 17.2 Å². The molecule has 0 atom stereocenters. The summed E-state index contributed by atoms with van der Waals surface area (Å²) in [7, 11) is 2.92. The zero-order chi connectivity index (χ0) is 16.8. The molecule has 0 radical (unpaired) electrons. The van der Waals surface area contributed by atoms with Crippen molar-refractivity contribution in [3.05, 3.63) is 41.3 Å². The maximum atomic E-state index is 12.3. The van der Waals surface area contributed by atoms with E-state index >= 15 is 0 Å². The normalized spacial score (nSPS) is 10.4. The highest BCUT2D eigenvalue weighted by Gasteiger charge is 2.15. The Bertz CT molecular complexity index is 652. The molecule has 2 rings (SSSR count). The van der Waals surface area contributed by atoms with Crippen molar-refractivity contribution in [2.45, 2.75) is 26.3 Å². The van der Waals surface area contributed by atoms with Gasteiger partial charge in [0.25, 0.3) is 5.91 Å². The van der Waals surface area contributed by atoms with Crippen LogP contribution in [0.3, 0.4) is 0 Å². The van der Waals surface area contributed by atoms with Crippen molar-refractivity contribution in [2.24, 2.45) is 0 Å². The lowest BCUT2D eigenvalue weighted by Gasteiger charge is -2.12. The molecular weight excluding hydrogens is 298 g/mol. The molecule has 0 saturated heterocycles. The lowest BCUT2D eigenvalue weighted by molar-refractivity contribution is 0.0949. The molecule has 6 nitrogen and oxygen atoms in total. The van der Waals surface area contributed by atoms with Gasteiger partial charge in [0.15, 0.2) is 11.5 Å². The van der Waals surface area contributed by atoms with Crippen LogP contribution in [0.4, 0.5) is 0 Å². The number of benzene rings is 1. The van der Waals surface area contributed by atoms with E-state index in [9.17, 15) is 9.90 Å². The molecule has 0 saturated carbocycles. The lowest BCUT2D eigenvalue weighted by atomic mass is 10.1. The van der Waals surface area contributed by atoms with E-state index in [4.69, 9.17) is 13.9 Å². The standard InChI is InChI=1S/C17H21NO5/c1-4-5-13-12(6-7-23-13)17(20)18-10-11-8-14(21-2)16(19)15(9-11)22-3/h6-9,19H,4-5,10H2,1-3H3,(H,18,20). The number of phenols is 1. The number of phenolic OH excluding ortho intramolecular Hbond substituents is 1. The number of rotatable bonds is 7. The van der Waals surface area contributed by atoms with Gasteiger partial charge < -0.3 is 24.3 Å². The molecular formula is C17H21NO5. The average molecular weight is 319 g/mol. The van der Waals surface area contributed by atoms with Gasteiger partial charge in [-0.15, -0.1) is 0 Å². The number of nitrogens with one attached hydrogen (secondary N) is 1. The highest BCUT2D eigenvalue weighted by molar-refractivity contribution is 5.95. The Morgan fingerprint density at radius 1 is 1.26 bits per heavy atom. The van der Waals surface area contributed by atoms with E-state index in [1.807, 2.05) is 6.92 Å². The largest absolute Gasteiger partial charge is 0.502 e. The molecule has 0 fully saturated rings. The van der Waals surface area contributed by atoms with Gasteiger partial charge in [0.1, 0.15) is 5.76 Å². The maximum Gasteiger partial charge on any atom is 0.255 e. The van der Waals surface area contributed by atoms with E-state index in [1.165, 1.54) is 20.5 Å². The summed E-state index contributed by atoms with van der Waals surface area (Å²) in [6.45, 7) is 2.31. The molecule has 1 aromatic heterocycles. The summed E-state index contributed by atoms with van der Waals surface area (Å²) in [6.07, 6.45) is 3.14. The molecule has 0 aliphatic heterocycles. The summed E-state index contributed by atoms with van der Waals surface area (Å²) in [4.78, 5) is 12.3. The fraction of sp³-hybridized carbons (Fsp3) is 0.353. The Morgan fingerprint density at radius 3 is 2.48 bits per heavy atom. The fourth-order valence-electron chi connectivity index (χ4n) is 2.29. The van der Waals surface area contributed by atoms with Crippen LogP contribution in [-0.4, -0.2) is 25.2 Å². The zero-order valence-electron chi connectivity index (χ0n) is 13.5. The van der Waals surface area contributed by atoms with Crippen LogP contribution < -0.4 is 14.8 Å². The second-order valence-corrected chi connectivity index (χ2v) is 5.04. The summed E-state index contributed by atoms with van der Waals surface area (Å²) < 4.78 is 15.5. The number of hydrogen-bond acceptors (Lipinski definition) is 5. The van der Waals surface area contributed by atoms with Gasteiger partial charge >= 0.3 is 0 Å². The first kappa shape index (κ1) is 16.7. The minimum atomic E-state index is -0.201. The van der Waals surface area contributed by atoms with Crippen molar-refractivity contribution in [3.63, 3.8) is 0 Å². The molecule has 1 heterocycles. The highest BCUT2D eigenvalue weighted by atomic mass is 16.5. The third-order valence-corrected chi connectivity index (χ3v) is 3.46.